The summed E-state index contributed by atoms with van der Waals surface area (Å²) in [6.45, 7) is 2.81. The molecular formula is C33H44N4O5S2. The van der Waals surface area contributed by atoms with Crippen LogP contribution in [-0.4, -0.2) is 95.6 Å². The second-order valence-corrected chi connectivity index (χ2v) is 13.7. The van der Waals surface area contributed by atoms with Crippen LogP contribution in [0.4, 0.5) is 0 Å². The van der Waals surface area contributed by atoms with Crippen molar-refractivity contribution in [3.63, 3.8) is 0 Å². The number of ether oxygens (including phenoxy) is 2. The van der Waals surface area contributed by atoms with Crippen LogP contribution in [0.3, 0.4) is 0 Å². The minimum absolute atomic E-state index is 0.0196. The van der Waals surface area contributed by atoms with Crippen LogP contribution in [0, 0.1) is 5.92 Å². The summed E-state index contributed by atoms with van der Waals surface area (Å²) < 4.78 is 11.2. The van der Waals surface area contributed by atoms with E-state index in [0.717, 1.165) is 22.8 Å². The molecule has 2 aromatic carbocycles. The molecule has 2 N–H and O–H groups in total. The second kappa shape index (κ2) is 17.1. The van der Waals surface area contributed by atoms with Crippen LogP contribution < -0.4 is 15.4 Å². The summed E-state index contributed by atoms with van der Waals surface area (Å²) in [5.74, 6) is 4.54. The highest BCUT2D eigenvalue weighted by Gasteiger charge is 2.35. The number of carbonyl (C=O) groups is 3. The van der Waals surface area contributed by atoms with Gasteiger partial charge in [-0.15, -0.1) is 11.8 Å². The fraction of sp³-hybridized carbons (Fsp3) is 0.545. The van der Waals surface area contributed by atoms with Gasteiger partial charge in [0.15, 0.2) is 0 Å². The van der Waals surface area contributed by atoms with Gasteiger partial charge in [0.2, 0.25) is 17.7 Å². The predicted molar refractivity (Wildman–Crippen MR) is 176 cm³/mol. The van der Waals surface area contributed by atoms with Gasteiger partial charge in [-0.3, -0.25) is 19.3 Å². The van der Waals surface area contributed by atoms with Crippen molar-refractivity contribution in [2.24, 2.45) is 5.92 Å². The van der Waals surface area contributed by atoms with Gasteiger partial charge in [0.1, 0.15) is 17.5 Å². The van der Waals surface area contributed by atoms with Crippen LogP contribution in [-0.2, 0) is 25.7 Å². The zero-order valence-electron chi connectivity index (χ0n) is 25.3. The molecule has 44 heavy (non-hydrogen) atoms. The summed E-state index contributed by atoms with van der Waals surface area (Å²) in [5.41, 5.74) is 0.943. The minimum atomic E-state index is -0.654. The smallest absolute Gasteiger partial charge is 0.243 e. The van der Waals surface area contributed by atoms with Gasteiger partial charge >= 0.3 is 0 Å². The fourth-order valence-electron chi connectivity index (χ4n) is 5.73. The Hall–Kier alpha value is -2.73. The summed E-state index contributed by atoms with van der Waals surface area (Å²) in [7, 11) is 0. The summed E-state index contributed by atoms with van der Waals surface area (Å²) in [6.07, 6.45) is 6.35. The number of hydrogen-bond acceptors (Lipinski definition) is 8. The average Bonchev–Trinajstić information content (AvgIpc) is 3.53. The van der Waals surface area contributed by atoms with E-state index in [1.807, 2.05) is 59.5 Å². The molecule has 0 radical (unpaired) electrons. The van der Waals surface area contributed by atoms with Crippen molar-refractivity contribution in [1.82, 2.24) is 20.4 Å². The molecule has 2 saturated heterocycles. The molecule has 5 rings (SSSR count). The van der Waals surface area contributed by atoms with E-state index in [1.165, 1.54) is 32.1 Å². The number of thioether (sulfide) groups is 2. The third kappa shape index (κ3) is 9.89. The number of benzene rings is 2. The Bertz CT molecular complexity index is 1210. The van der Waals surface area contributed by atoms with E-state index in [4.69, 9.17) is 9.47 Å². The second-order valence-electron chi connectivity index (χ2n) is 11.6. The van der Waals surface area contributed by atoms with Gasteiger partial charge in [-0.25, -0.2) is 0 Å². The monoisotopic (exact) mass is 640 g/mol. The van der Waals surface area contributed by atoms with Crippen LogP contribution in [0.25, 0.3) is 0 Å². The molecule has 3 fully saturated rings. The molecule has 3 amide bonds. The van der Waals surface area contributed by atoms with Crippen LogP contribution >= 0.6 is 23.5 Å². The van der Waals surface area contributed by atoms with Gasteiger partial charge in [-0.1, -0.05) is 49.6 Å². The maximum Gasteiger partial charge on any atom is 0.243 e. The molecule has 3 aliphatic rings. The van der Waals surface area contributed by atoms with Crippen LogP contribution in [0.2, 0.25) is 0 Å². The van der Waals surface area contributed by atoms with Gasteiger partial charge in [0.05, 0.1) is 25.8 Å². The molecular weight excluding hydrogens is 597 g/mol. The normalized spacial score (nSPS) is 20.2. The molecule has 0 aromatic heterocycles. The standard InChI is InChI=1S/C33H44N4O5S2/c38-31(36-15-17-41-18-16-36)20-37-24-44-23-30(37)33(40)35-29(22-43-21-26-7-3-1-4-8-26)32(39)34-19-25-11-13-28(14-12-25)42-27-9-5-2-6-10-27/h2,5-6,9-14,26,29-30H,1,3-4,7-8,15-24H2,(H,34,39)(H,35,40)/t29-,30-/m0/s1. The van der Waals surface area contributed by atoms with Gasteiger partial charge in [-0.05, 0) is 54.3 Å². The maximum atomic E-state index is 13.5. The van der Waals surface area contributed by atoms with Crippen molar-refractivity contribution in [1.29, 1.82) is 0 Å². The number of morpholine rings is 1. The molecule has 1 saturated carbocycles. The lowest BCUT2D eigenvalue weighted by molar-refractivity contribution is -0.138. The molecule has 2 aromatic rings. The van der Waals surface area contributed by atoms with E-state index in [0.29, 0.717) is 56.1 Å². The number of carbonyl (C=O) groups excluding carboxylic acids is 3. The Morgan fingerprint density at radius 3 is 2.45 bits per heavy atom. The molecule has 238 valence electrons. The number of rotatable bonds is 13. The van der Waals surface area contributed by atoms with E-state index in [9.17, 15) is 14.4 Å². The van der Waals surface area contributed by atoms with Crippen LogP contribution in [0.5, 0.6) is 11.5 Å². The first-order chi connectivity index (χ1) is 21.5. The van der Waals surface area contributed by atoms with Crippen LogP contribution in [0.1, 0.15) is 37.7 Å². The van der Waals surface area contributed by atoms with Crippen molar-refractivity contribution in [2.75, 3.05) is 56.0 Å². The van der Waals surface area contributed by atoms with Gasteiger partial charge in [0.25, 0.3) is 0 Å². The number of hydrogen-bond donors (Lipinski definition) is 2. The third-order valence-corrected chi connectivity index (χ3v) is 10.7. The average molecular weight is 641 g/mol. The van der Waals surface area contributed by atoms with Crippen molar-refractivity contribution in [3.05, 3.63) is 60.2 Å². The molecule has 1 aliphatic carbocycles. The van der Waals surface area contributed by atoms with E-state index in [-0.39, 0.29) is 24.3 Å². The highest BCUT2D eigenvalue weighted by molar-refractivity contribution is 7.99. The van der Waals surface area contributed by atoms with E-state index in [1.54, 1.807) is 28.4 Å². The fourth-order valence-corrected chi connectivity index (χ4v) is 8.20. The zero-order chi connectivity index (χ0) is 30.6. The molecule has 11 heteroatoms. The number of nitrogens with one attached hydrogen (secondary N) is 2. The van der Waals surface area contributed by atoms with Crippen molar-refractivity contribution < 1.29 is 23.9 Å². The van der Waals surface area contributed by atoms with E-state index >= 15 is 0 Å². The molecule has 2 heterocycles. The van der Waals surface area contributed by atoms with Crippen molar-refractivity contribution in [2.45, 2.75) is 50.7 Å². The summed E-state index contributed by atoms with van der Waals surface area (Å²) in [4.78, 5) is 43.6. The molecule has 0 bridgehead atoms. The molecule has 0 unspecified atom stereocenters. The van der Waals surface area contributed by atoms with Gasteiger partial charge < -0.3 is 25.0 Å². The first-order valence-corrected chi connectivity index (χ1v) is 18.0. The Morgan fingerprint density at radius 1 is 0.977 bits per heavy atom. The predicted octanol–water partition coefficient (Wildman–Crippen LogP) is 4.13. The SMILES string of the molecule is O=C(NCc1ccc(Oc2ccccc2)cc1)[C@H](CSCC1CCCCC1)NC(=O)[C@@H]1CSCN1CC(=O)N1CCOCC1. The highest BCUT2D eigenvalue weighted by atomic mass is 32.2. The first-order valence-electron chi connectivity index (χ1n) is 15.7. The minimum Gasteiger partial charge on any atom is -0.457 e. The van der Waals surface area contributed by atoms with Crippen LogP contribution in [0.15, 0.2) is 54.6 Å². The molecule has 2 aliphatic heterocycles. The number of amides is 3. The molecule has 0 spiro atoms. The van der Waals surface area contributed by atoms with E-state index < -0.39 is 12.1 Å². The van der Waals surface area contributed by atoms with Crippen molar-refractivity contribution >= 4 is 41.2 Å². The number of para-hydroxylation sites is 1. The highest BCUT2D eigenvalue weighted by Crippen LogP contribution is 2.27. The molecule has 2 atom stereocenters. The molecule has 9 nitrogen and oxygen atoms in total. The number of nitrogens with zero attached hydrogens (tertiary/aromatic N) is 2. The third-order valence-electron chi connectivity index (χ3n) is 8.34. The van der Waals surface area contributed by atoms with Gasteiger partial charge in [0, 0.05) is 37.0 Å². The topological polar surface area (TPSA) is 100 Å². The summed E-state index contributed by atoms with van der Waals surface area (Å²) >= 11 is 3.39. The summed E-state index contributed by atoms with van der Waals surface area (Å²) in [5, 5.41) is 6.10. The summed E-state index contributed by atoms with van der Waals surface area (Å²) in [6, 6.07) is 16.1. The lowest BCUT2D eigenvalue weighted by Gasteiger charge is -2.30. The lowest BCUT2D eigenvalue weighted by Crippen LogP contribution is -2.55. The Balaban J connectivity index is 1.16. The van der Waals surface area contributed by atoms with E-state index in [2.05, 4.69) is 10.6 Å². The van der Waals surface area contributed by atoms with Gasteiger partial charge in [-0.2, -0.15) is 11.8 Å². The lowest BCUT2D eigenvalue weighted by atomic mass is 9.91. The quantitative estimate of drug-likeness (QED) is 0.337. The maximum absolute atomic E-state index is 13.5. The first kappa shape index (κ1) is 32.7. The Kier molecular flexibility index (Phi) is 12.7. The Morgan fingerprint density at radius 2 is 1.70 bits per heavy atom. The van der Waals surface area contributed by atoms with Crippen molar-refractivity contribution in [3.8, 4) is 11.5 Å². The zero-order valence-corrected chi connectivity index (χ0v) is 26.9. The Labute approximate surface area is 269 Å². The largest absolute Gasteiger partial charge is 0.457 e.